The van der Waals surface area contributed by atoms with Crippen molar-refractivity contribution in [1.82, 2.24) is 15.5 Å². The van der Waals surface area contributed by atoms with E-state index >= 15 is 0 Å². The molecule has 1 aromatic carbocycles. The number of carbonyl (C=O) groups excluding carboxylic acids is 2. The number of nitrogens with zero attached hydrogens (tertiary/aromatic N) is 1. The predicted octanol–water partition coefficient (Wildman–Crippen LogP) is 0.0942. The molecule has 2 aliphatic heterocycles. The highest BCUT2D eigenvalue weighted by Crippen LogP contribution is 2.25. The molecule has 0 unspecified atom stereocenters. The summed E-state index contributed by atoms with van der Waals surface area (Å²) in [6.07, 6.45) is 0. The highest BCUT2D eigenvalue weighted by Gasteiger charge is 2.37. The first-order valence-corrected chi connectivity index (χ1v) is 7.06. The third kappa shape index (κ3) is 2.67. The monoisotopic (exact) mass is 273 g/mol. The normalized spacial score (nSPS) is 24.5. The number of amides is 2. The summed E-state index contributed by atoms with van der Waals surface area (Å²) in [6, 6.07) is 8.97. The first-order valence-electron chi connectivity index (χ1n) is 7.06. The summed E-state index contributed by atoms with van der Waals surface area (Å²) >= 11 is 0. The Kier molecular flexibility index (Phi) is 3.69. The van der Waals surface area contributed by atoms with E-state index in [1.165, 1.54) is 0 Å². The molecule has 3 rings (SSSR count). The van der Waals surface area contributed by atoms with E-state index in [1.54, 1.807) is 12.1 Å². The van der Waals surface area contributed by atoms with Crippen LogP contribution in [-0.4, -0.2) is 49.4 Å². The summed E-state index contributed by atoms with van der Waals surface area (Å²) in [5.41, 5.74) is 0.586. The van der Waals surface area contributed by atoms with Crippen LogP contribution in [0.15, 0.2) is 30.3 Å². The van der Waals surface area contributed by atoms with Crippen molar-refractivity contribution in [3.8, 4) is 0 Å². The molecule has 2 N–H and O–H groups in total. The quantitative estimate of drug-likeness (QED) is 0.821. The summed E-state index contributed by atoms with van der Waals surface area (Å²) in [6.45, 7) is 3.73. The standard InChI is InChI=1S/C15H19N3O2/c19-14(18-9-12-6-16-7-13(12)10-18)8-17-15(20)11-4-2-1-3-5-11/h1-5,12-13,16H,6-10H2,(H,17,20)/t12-,13+. The van der Waals surface area contributed by atoms with Gasteiger partial charge in [-0.15, -0.1) is 0 Å². The molecule has 2 atom stereocenters. The van der Waals surface area contributed by atoms with Gasteiger partial charge in [-0.1, -0.05) is 18.2 Å². The molecule has 1 aromatic rings. The molecule has 0 saturated carbocycles. The molecule has 5 heteroatoms. The van der Waals surface area contributed by atoms with Gasteiger partial charge >= 0.3 is 0 Å². The highest BCUT2D eigenvalue weighted by atomic mass is 16.2. The average molecular weight is 273 g/mol. The van der Waals surface area contributed by atoms with Gasteiger partial charge < -0.3 is 15.5 Å². The van der Waals surface area contributed by atoms with E-state index in [2.05, 4.69) is 10.6 Å². The van der Waals surface area contributed by atoms with Gasteiger partial charge in [0.05, 0.1) is 6.54 Å². The molecule has 106 valence electrons. The Morgan fingerprint density at radius 1 is 1.15 bits per heavy atom. The number of benzene rings is 1. The van der Waals surface area contributed by atoms with Gasteiger partial charge in [-0.05, 0) is 24.0 Å². The van der Waals surface area contributed by atoms with Crippen LogP contribution in [0.4, 0.5) is 0 Å². The Hall–Kier alpha value is -1.88. The number of fused-ring (bicyclic) bond motifs is 1. The van der Waals surface area contributed by atoms with Crippen molar-refractivity contribution in [3.05, 3.63) is 35.9 Å². The predicted molar refractivity (Wildman–Crippen MR) is 75.2 cm³/mol. The summed E-state index contributed by atoms with van der Waals surface area (Å²) in [4.78, 5) is 25.8. The fourth-order valence-corrected chi connectivity index (χ4v) is 3.02. The molecule has 2 saturated heterocycles. The van der Waals surface area contributed by atoms with Gasteiger partial charge in [-0.25, -0.2) is 0 Å². The number of carbonyl (C=O) groups is 2. The molecule has 5 nitrogen and oxygen atoms in total. The van der Waals surface area contributed by atoms with Crippen LogP contribution in [0.1, 0.15) is 10.4 Å². The minimum absolute atomic E-state index is 0.0173. The molecule has 2 aliphatic rings. The maximum atomic E-state index is 12.1. The Labute approximate surface area is 118 Å². The Morgan fingerprint density at radius 2 is 1.80 bits per heavy atom. The number of hydrogen-bond acceptors (Lipinski definition) is 3. The minimum atomic E-state index is -0.194. The van der Waals surface area contributed by atoms with Crippen molar-refractivity contribution in [2.45, 2.75) is 0 Å². The zero-order chi connectivity index (χ0) is 13.9. The van der Waals surface area contributed by atoms with E-state index in [9.17, 15) is 9.59 Å². The Balaban J connectivity index is 1.49. The molecule has 0 radical (unpaired) electrons. The Morgan fingerprint density at radius 3 is 2.45 bits per heavy atom. The SMILES string of the molecule is O=C(NCC(=O)N1C[C@H]2CNC[C@H]2C1)c1ccccc1. The molecule has 20 heavy (non-hydrogen) atoms. The van der Waals surface area contributed by atoms with Crippen LogP contribution in [0.5, 0.6) is 0 Å². The summed E-state index contributed by atoms with van der Waals surface area (Å²) < 4.78 is 0. The van der Waals surface area contributed by atoms with Gasteiger partial charge in [0.2, 0.25) is 5.91 Å². The van der Waals surface area contributed by atoms with Crippen LogP contribution >= 0.6 is 0 Å². The van der Waals surface area contributed by atoms with Crippen LogP contribution in [0.2, 0.25) is 0 Å². The molecule has 2 heterocycles. The second kappa shape index (κ2) is 5.63. The number of nitrogens with one attached hydrogen (secondary N) is 2. The smallest absolute Gasteiger partial charge is 0.251 e. The lowest BCUT2D eigenvalue weighted by Crippen LogP contribution is -2.40. The van der Waals surface area contributed by atoms with Crippen LogP contribution < -0.4 is 10.6 Å². The van der Waals surface area contributed by atoms with Crippen molar-refractivity contribution >= 4 is 11.8 Å². The van der Waals surface area contributed by atoms with Crippen LogP contribution in [0.25, 0.3) is 0 Å². The third-order valence-corrected chi connectivity index (χ3v) is 4.18. The van der Waals surface area contributed by atoms with Crippen LogP contribution in [-0.2, 0) is 4.79 Å². The molecule has 0 aliphatic carbocycles. The lowest BCUT2D eigenvalue weighted by Gasteiger charge is -2.17. The molecular formula is C15H19N3O2. The number of rotatable bonds is 3. The van der Waals surface area contributed by atoms with Crippen LogP contribution in [0.3, 0.4) is 0 Å². The minimum Gasteiger partial charge on any atom is -0.343 e. The highest BCUT2D eigenvalue weighted by molar-refractivity contribution is 5.96. The van der Waals surface area contributed by atoms with Crippen LogP contribution in [0, 0.1) is 11.8 Å². The molecule has 2 amide bonds. The van der Waals surface area contributed by atoms with Gasteiger partial charge in [0.25, 0.3) is 5.91 Å². The molecular weight excluding hydrogens is 254 g/mol. The van der Waals surface area contributed by atoms with E-state index in [-0.39, 0.29) is 18.4 Å². The topological polar surface area (TPSA) is 61.4 Å². The fraction of sp³-hybridized carbons (Fsp3) is 0.467. The van der Waals surface area contributed by atoms with Crippen molar-refractivity contribution in [1.29, 1.82) is 0 Å². The lowest BCUT2D eigenvalue weighted by atomic mass is 10.0. The maximum absolute atomic E-state index is 12.1. The molecule has 0 aromatic heterocycles. The summed E-state index contributed by atoms with van der Waals surface area (Å²) in [5.74, 6) is 0.997. The van der Waals surface area contributed by atoms with Crippen molar-refractivity contribution < 1.29 is 9.59 Å². The van der Waals surface area contributed by atoms with Crippen molar-refractivity contribution in [2.75, 3.05) is 32.7 Å². The molecule has 0 spiro atoms. The lowest BCUT2D eigenvalue weighted by molar-refractivity contribution is -0.129. The molecule has 2 fully saturated rings. The fourth-order valence-electron chi connectivity index (χ4n) is 3.02. The van der Waals surface area contributed by atoms with Gasteiger partial charge in [0.1, 0.15) is 0 Å². The summed E-state index contributed by atoms with van der Waals surface area (Å²) in [7, 11) is 0. The molecule has 0 bridgehead atoms. The second-order valence-electron chi connectivity index (χ2n) is 5.53. The number of likely N-dealkylation sites (tertiary alicyclic amines) is 1. The summed E-state index contributed by atoms with van der Waals surface area (Å²) in [5, 5.41) is 6.04. The largest absolute Gasteiger partial charge is 0.343 e. The maximum Gasteiger partial charge on any atom is 0.251 e. The van der Waals surface area contributed by atoms with Crippen molar-refractivity contribution in [2.24, 2.45) is 11.8 Å². The third-order valence-electron chi connectivity index (χ3n) is 4.18. The van der Waals surface area contributed by atoms with Gasteiger partial charge in [-0.2, -0.15) is 0 Å². The van der Waals surface area contributed by atoms with E-state index < -0.39 is 0 Å². The van der Waals surface area contributed by atoms with Gasteiger partial charge in [0.15, 0.2) is 0 Å². The van der Waals surface area contributed by atoms with Gasteiger partial charge in [-0.3, -0.25) is 9.59 Å². The Bertz CT molecular complexity index is 491. The number of hydrogen-bond donors (Lipinski definition) is 2. The van der Waals surface area contributed by atoms with E-state index in [1.807, 2.05) is 23.1 Å². The first kappa shape index (κ1) is 13.1. The van der Waals surface area contributed by atoms with E-state index in [4.69, 9.17) is 0 Å². The second-order valence-corrected chi connectivity index (χ2v) is 5.53. The van der Waals surface area contributed by atoms with Gasteiger partial charge in [0, 0.05) is 31.7 Å². The zero-order valence-corrected chi connectivity index (χ0v) is 11.3. The zero-order valence-electron chi connectivity index (χ0n) is 11.3. The average Bonchev–Trinajstić information content (AvgIpc) is 3.06. The van der Waals surface area contributed by atoms with E-state index in [0.29, 0.717) is 17.4 Å². The van der Waals surface area contributed by atoms with Crippen molar-refractivity contribution in [3.63, 3.8) is 0 Å². The van der Waals surface area contributed by atoms with E-state index in [0.717, 1.165) is 26.2 Å². The first-order chi connectivity index (χ1) is 9.74.